The van der Waals surface area contributed by atoms with E-state index in [1.54, 1.807) is 34.8 Å². The Kier molecular flexibility index (Phi) is 19.9. The highest BCUT2D eigenvalue weighted by atomic mass is 32.1. The first-order chi connectivity index (χ1) is 37.6. The fraction of sp³-hybridized carbons (Fsp3) is 0.466. The molecule has 414 valence electrons. The van der Waals surface area contributed by atoms with Gasteiger partial charge in [-0.05, 0) is 60.9 Å². The number of aliphatic hydroxyl groups excluding tert-OH is 1. The van der Waals surface area contributed by atoms with E-state index < -0.39 is 29.5 Å². The molecule has 0 radical (unpaired) electrons. The van der Waals surface area contributed by atoms with Gasteiger partial charge in [0.05, 0.1) is 79.6 Å². The Bertz CT molecular complexity index is 2840. The molecule has 2 saturated heterocycles. The van der Waals surface area contributed by atoms with Crippen LogP contribution in [0.2, 0.25) is 0 Å². The number of aliphatic hydroxyl groups is 1. The van der Waals surface area contributed by atoms with Crippen molar-refractivity contribution >= 4 is 52.9 Å². The molecule has 0 saturated carbocycles. The smallest absolute Gasteiger partial charge is 0.251 e. The van der Waals surface area contributed by atoms with E-state index >= 15 is 0 Å². The summed E-state index contributed by atoms with van der Waals surface area (Å²) in [6, 6.07) is 24.9. The van der Waals surface area contributed by atoms with Gasteiger partial charge in [-0.25, -0.2) is 20.0 Å². The molecule has 8 rings (SSSR count). The Morgan fingerprint density at radius 3 is 2.18 bits per heavy atom. The van der Waals surface area contributed by atoms with E-state index in [1.165, 1.54) is 4.90 Å². The van der Waals surface area contributed by atoms with Crippen molar-refractivity contribution in [2.24, 2.45) is 16.4 Å². The summed E-state index contributed by atoms with van der Waals surface area (Å²) in [5.74, 6) is -0.662. The lowest BCUT2D eigenvalue weighted by atomic mass is 9.85. The second-order valence-electron chi connectivity index (χ2n) is 21.0. The third-order valence-corrected chi connectivity index (χ3v) is 15.3. The van der Waals surface area contributed by atoms with Crippen LogP contribution in [0.15, 0.2) is 102 Å². The van der Waals surface area contributed by atoms with Crippen molar-refractivity contribution in [2.45, 2.75) is 97.0 Å². The first-order valence-corrected chi connectivity index (χ1v) is 27.7. The SMILES string of the molecule is Cc1ncsc1-c1ccc(C(C)NC(=O)[C@@H]2C[C@@H](O)CN2C(=O)C(NC(=O)CCOCCOCCOCCNC(=O)c2ccc(-c3cc(N4CCC(C(=O)N5N=CCC5c5ccccc5)CC4)ncn3)cc2)C(C)(C)C)cc1. The molecule has 3 aromatic carbocycles. The van der Waals surface area contributed by atoms with Crippen LogP contribution in [0.3, 0.4) is 0 Å². The lowest BCUT2D eigenvalue weighted by Crippen LogP contribution is -2.58. The normalized spacial score (nSPS) is 18.4. The fourth-order valence-corrected chi connectivity index (χ4v) is 10.7. The average molecular weight is 1090 g/mol. The number of likely N-dealkylation sites (tertiary alicyclic amines) is 1. The second-order valence-corrected chi connectivity index (χ2v) is 21.8. The largest absolute Gasteiger partial charge is 0.391 e. The summed E-state index contributed by atoms with van der Waals surface area (Å²) in [4.78, 5) is 85.3. The van der Waals surface area contributed by atoms with Crippen LogP contribution >= 0.6 is 11.3 Å². The molecule has 78 heavy (non-hydrogen) atoms. The zero-order chi connectivity index (χ0) is 55.2. The lowest BCUT2D eigenvalue weighted by Gasteiger charge is -2.35. The van der Waals surface area contributed by atoms with Crippen molar-refractivity contribution < 1.29 is 43.3 Å². The molecule has 20 heteroatoms. The van der Waals surface area contributed by atoms with E-state index in [2.05, 4.69) is 40.9 Å². The van der Waals surface area contributed by atoms with E-state index in [4.69, 9.17) is 14.2 Å². The van der Waals surface area contributed by atoms with Crippen LogP contribution in [0.1, 0.15) is 99.1 Å². The Morgan fingerprint density at radius 2 is 1.50 bits per heavy atom. The standard InChI is InChI=1S/C58H72N10O9S/c1-38(40-11-15-43(16-12-40)52-39(2)62-37-78-52)64-55(72)49-33-46(69)35-67(49)57(74)53(58(3,4)5)65-51(70)22-27-75-29-31-77-32-30-76-28-24-59-54(71)44-17-13-41(14-18-44)47-34-50(61-36-60-47)66-25-20-45(21-26-66)56(73)68-48(19-23-63-68)42-9-7-6-8-10-42/h6-18,23,34,36-38,45-46,48-49,53,69H,19-22,24-33,35H2,1-5H3,(H,59,71)(H,64,72)(H,65,70)/t38?,46-,48?,49+,53?/m1/s1. The summed E-state index contributed by atoms with van der Waals surface area (Å²) >= 11 is 1.57. The number of nitrogens with zero attached hydrogens (tertiary/aromatic N) is 7. The molecule has 19 nitrogen and oxygen atoms in total. The van der Waals surface area contributed by atoms with E-state index in [1.807, 2.05) is 119 Å². The lowest BCUT2D eigenvalue weighted by molar-refractivity contribution is -0.144. The number of aromatic nitrogens is 3. The van der Waals surface area contributed by atoms with Gasteiger partial charge in [0.2, 0.25) is 23.6 Å². The Labute approximate surface area is 460 Å². The molecule has 5 atom stereocenters. The number of ether oxygens (including phenoxy) is 3. The number of hydrogen-bond donors (Lipinski definition) is 4. The molecule has 5 heterocycles. The van der Waals surface area contributed by atoms with Crippen LogP contribution in [0.5, 0.6) is 0 Å². The average Bonchev–Trinajstić information content (AvgIpc) is 4.25. The molecular formula is C58H72N10O9S. The number of aryl methyl sites for hydroxylation is 1. The molecule has 2 fully saturated rings. The van der Waals surface area contributed by atoms with Crippen molar-refractivity contribution in [2.75, 3.05) is 70.7 Å². The summed E-state index contributed by atoms with van der Waals surface area (Å²) in [5.41, 5.74) is 7.19. The van der Waals surface area contributed by atoms with Gasteiger partial charge in [-0.15, -0.1) is 11.3 Å². The van der Waals surface area contributed by atoms with Crippen LogP contribution < -0.4 is 20.9 Å². The van der Waals surface area contributed by atoms with E-state index in [0.29, 0.717) is 64.3 Å². The number of hydrogen-bond acceptors (Lipinski definition) is 15. The Morgan fingerprint density at radius 1 is 0.821 bits per heavy atom. The molecule has 3 unspecified atom stereocenters. The van der Waals surface area contributed by atoms with Crippen molar-refractivity contribution in [3.8, 4) is 21.7 Å². The minimum Gasteiger partial charge on any atom is -0.391 e. The number of hydrazone groups is 1. The van der Waals surface area contributed by atoms with Gasteiger partial charge in [-0.3, -0.25) is 24.0 Å². The summed E-state index contributed by atoms with van der Waals surface area (Å²) < 4.78 is 16.9. The van der Waals surface area contributed by atoms with Gasteiger partial charge in [0.1, 0.15) is 24.2 Å². The number of rotatable bonds is 23. The number of nitrogens with one attached hydrogen (secondary N) is 3. The molecule has 2 aromatic heterocycles. The van der Waals surface area contributed by atoms with Crippen molar-refractivity contribution in [3.05, 3.63) is 119 Å². The fourth-order valence-electron chi connectivity index (χ4n) is 9.89. The molecule has 5 amide bonds. The predicted octanol–water partition coefficient (Wildman–Crippen LogP) is 6.29. The van der Waals surface area contributed by atoms with Gasteiger partial charge in [0.25, 0.3) is 5.91 Å². The minimum absolute atomic E-state index is 0.00538. The second kappa shape index (κ2) is 27.1. The van der Waals surface area contributed by atoms with Crippen LogP contribution in [0.4, 0.5) is 5.82 Å². The summed E-state index contributed by atoms with van der Waals surface area (Å²) in [6.07, 6.45) is 4.71. The Hall–Kier alpha value is -6.97. The molecular weight excluding hydrogens is 1010 g/mol. The van der Waals surface area contributed by atoms with Gasteiger partial charge >= 0.3 is 0 Å². The molecule has 3 aliphatic heterocycles. The number of piperidine rings is 1. The van der Waals surface area contributed by atoms with Gasteiger partial charge < -0.3 is 45.1 Å². The molecule has 0 spiro atoms. The number of carbonyl (C=O) groups excluding carboxylic acids is 5. The highest BCUT2D eigenvalue weighted by Crippen LogP contribution is 2.34. The maximum Gasteiger partial charge on any atom is 0.251 e. The monoisotopic (exact) mass is 1080 g/mol. The summed E-state index contributed by atoms with van der Waals surface area (Å²) in [7, 11) is 0. The van der Waals surface area contributed by atoms with Crippen LogP contribution in [-0.2, 0) is 33.4 Å². The third-order valence-electron chi connectivity index (χ3n) is 14.3. The number of benzene rings is 3. The Balaban J connectivity index is 0.672. The minimum atomic E-state index is -0.951. The highest BCUT2D eigenvalue weighted by molar-refractivity contribution is 7.13. The predicted molar refractivity (Wildman–Crippen MR) is 297 cm³/mol. The van der Waals surface area contributed by atoms with Gasteiger partial charge in [0.15, 0.2) is 0 Å². The number of anilines is 1. The van der Waals surface area contributed by atoms with E-state index in [0.717, 1.165) is 44.3 Å². The molecule has 5 aromatic rings. The van der Waals surface area contributed by atoms with Crippen molar-refractivity contribution in [1.29, 1.82) is 0 Å². The third kappa shape index (κ3) is 15.0. The van der Waals surface area contributed by atoms with Gasteiger partial charge in [-0.2, -0.15) is 5.10 Å². The topological polar surface area (TPSA) is 230 Å². The first-order valence-electron chi connectivity index (χ1n) is 26.8. The highest BCUT2D eigenvalue weighted by Gasteiger charge is 2.45. The zero-order valence-corrected chi connectivity index (χ0v) is 46.0. The van der Waals surface area contributed by atoms with E-state index in [-0.39, 0.29) is 80.8 Å². The van der Waals surface area contributed by atoms with Crippen molar-refractivity contribution in [3.63, 3.8) is 0 Å². The molecule has 3 aliphatic rings. The van der Waals surface area contributed by atoms with Crippen LogP contribution in [0, 0.1) is 18.3 Å². The van der Waals surface area contributed by atoms with Gasteiger partial charge in [-0.1, -0.05) is 87.5 Å². The summed E-state index contributed by atoms with van der Waals surface area (Å²) in [6.45, 7) is 12.6. The number of thiazole rings is 1. The van der Waals surface area contributed by atoms with Crippen LogP contribution in [-0.4, -0.2) is 150 Å². The number of amides is 5. The number of carbonyl (C=O) groups is 5. The quantitative estimate of drug-likeness (QED) is 0.0528. The maximum atomic E-state index is 14.1. The first kappa shape index (κ1) is 57.2. The van der Waals surface area contributed by atoms with Gasteiger partial charge in [0, 0.05) is 74.8 Å². The van der Waals surface area contributed by atoms with Crippen molar-refractivity contribution in [1.82, 2.24) is 40.8 Å². The maximum absolute atomic E-state index is 14.1. The molecule has 0 aliphatic carbocycles. The molecule has 0 bridgehead atoms. The molecule has 4 N–H and O–H groups in total. The number of β-amino-alcohol motifs (C(OH)–C–C–N with tert-alkyl or cyclic N) is 1. The van der Waals surface area contributed by atoms with E-state index in [9.17, 15) is 29.1 Å². The van der Waals surface area contributed by atoms with Crippen LogP contribution in [0.25, 0.3) is 21.7 Å². The zero-order valence-electron chi connectivity index (χ0n) is 45.1. The summed E-state index contributed by atoms with van der Waals surface area (Å²) in [5, 5.41) is 25.5.